The molecule has 2 heterocycles. The topological polar surface area (TPSA) is 64.2 Å². The average molecular weight is 250 g/mol. The molecule has 2 rings (SSSR count). The lowest BCUT2D eigenvalue weighted by molar-refractivity contribution is -0.138. The van der Waals surface area contributed by atoms with Gasteiger partial charge < -0.3 is 10.6 Å². The number of hydrogen-bond donors (Lipinski definition) is 1. The van der Waals surface area contributed by atoms with Crippen LogP contribution >= 0.6 is 0 Å². The van der Waals surface area contributed by atoms with Gasteiger partial charge in [-0.05, 0) is 31.7 Å². The van der Waals surface area contributed by atoms with Crippen LogP contribution in [0.2, 0.25) is 0 Å². The molecule has 0 spiro atoms. The number of rotatable bonds is 3. The summed E-state index contributed by atoms with van der Waals surface area (Å²) in [5.74, 6) is 0.781. The Balaban J connectivity index is 2.08. The highest BCUT2D eigenvalue weighted by molar-refractivity contribution is 5.80. The van der Waals surface area contributed by atoms with Crippen molar-refractivity contribution in [3.63, 3.8) is 0 Å². The maximum atomic E-state index is 12.5. The molecule has 1 aliphatic heterocycles. The van der Waals surface area contributed by atoms with Gasteiger partial charge in [-0.1, -0.05) is 6.92 Å². The van der Waals surface area contributed by atoms with Crippen LogP contribution in [0.3, 0.4) is 0 Å². The van der Waals surface area contributed by atoms with E-state index >= 15 is 0 Å². The van der Waals surface area contributed by atoms with Crippen molar-refractivity contribution in [2.45, 2.75) is 38.8 Å². The zero-order valence-corrected chi connectivity index (χ0v) is 11.1. The molecule has 0 aliphatic carbocycles. The Morgan fingerprint density at radius 1 is 1.61 bits per heavy atom. The molecule has 1 aromatic rings. The molecule has 5 heteroatoms. The van der Waals surface area contributed by atoms with Gasteiger partial charge in [0.05, 0.1) is 0 Å². The number of nitrogens with zero attached hydrogens (tertiary/aromatic N) is 3. The van der Waals surface area contributed by atoms with E-state index in [4.69, 9.17) is 5.73 Å². The second kappa shape index (κ2) is 5.52. The molecule has 2 N–H and O–H groups in total. The quantitative estimate of drug-likeness (QED) is 0.871. The normalized spacial score (nSPS) is 26.1. The number of likely N-dealkylation sites (tertiary alicyclic amines) is 1. The van der Waals surface area contributed by atoms with Crippen LogP contribution in [0.1, 0.15) is 32.7 Å². The van der Waals surface area contributed by atoms with Gasteiger partial charge in [0.1, 0.15) is 6.04 Å². The van der Waals surface area contributed by atoms with Crippen molar-refractivity contribution >= 4 is 5.91 Å². The Morgan fingerprint density at radius 2 is 2.39 bits per heavy atom. The molecule has 3 unspecified atom stereocenters. The highest BCUT2D eigenvalue weighted by Crippen LogP contribution is 2.24. The molecule has 0 bridgehead atoms. The first-order valence-corrected chi connectivity index (χ1v) is 6.63. The van der Waals surface area contributed by atoms with E-state index < -0.39 is 0 Å². The fraction of sp³-hybridized carbons (Fsp3) is 0.692. The van der Waals surface area contributed by atoms with Crippen molar-refractivity contribution in [1.82, 2.24) is 14.7 Å². The van der Waals surface area contributed by atoms with Crippen LogP contribution in [0.5, 0.6) is 0 Å². The largest absolute Gasteiger partial charge is 0.337 e. The highest BCUT2D eigenvalue weighted by atomic mass is 16.2. The van der Waals surface area contributed by atoms with Crippen LogP contribution in [0.25, 0.3) is 0 Å². The number of amides is 1. The predicted molar refractivity (Wildman–Crippen MR) is 69.9 cm³/mol. The van der Waals surface area contributed by atoms with E-state index in [0.29, 0.717) is 12.5 Å². The average Bonchev–Trinajstić information content (AvgIpc) is 2.90. The molecule has 3 atom stereocenters. The molecule has 18 heavy (non-hydrogen) atoms. The first-order chi connectivity index (χ1) is 8.63. The van der Waals surface area contributed by atoms with Gasteiger partial charge >= 0.3 is 0 Å². The van der Waals surface area contributed by atoms with Gasteiger partial charge in [0.15, 0.2) is 0 Å². The van der Waals surface area contributed by atoms with E-state index in [1.807, 2.05) is 24.1 Å². The Kier molecular flexibility index (Phi) is 4.01. The van der Waals surface area contributed by atoms with Crippen molar-refractivity contribution < 1.29 is 4.79 Å². The minimum atomic E-state index is -0.248. The van der Waals surface area contributed by atoms with Gasteiger partial charge in [-0.3, -0.25) is 9.48 Å². The molecule has 1 fully saturated rings. The van der Waals surface area contributed by atoms with E-state index in [0.717, 1.165) is 19.4 Å². The number of carbonyl (C=O) groups is 1. The minimum absolute atomic E-state index is 0.126. The third-order valence-corrected chi connectivity index (χ3v) is 3.81. The lowest BCUT2D eigenvalue weighted by atomic mass is 9.92. The van der Waals surface area contributed by atoms with Crippen molar-refractivity contribution in [3.8, 4) is 0 Å². The fourth-order valence-electron chi connectivity index (χ4n) is 2.63. The molecule has 0 aromatic carbocycles. The third-order valence-electron chi connectivity index (χ3n) is 3.81. The number of carbonyl (C=O) groups excluding carboxylic acids is 1. The second-order valence-corrected chi connectivity index (χ2v) is 5.21. The van der Waals surface area contributed by atoms with Crippen LogP contribution in [0, 0.1) is 5.92 Å². The van der Waals surface area contributed by atoms with Gasteiger partial charge in [-0.15, -0.1) is 0 Å². The van der Waals surface area contributed by atoms with Crippen LogP contribution in [0.4, 0.5) is 0 Å². The summed E-state index contributed by atoms with van der Waals surface area (Å²) < 4.78 is 1.70. The van der Waals surface area contributed by atoms with Crippen LogP contribution in [0.15, 0.2) is 18.5 Å². The van der Waals surface area contributed by atoms with Crippen LogP contribution < -0.4 is 5.73 Å². The highest BCUT2D eigenvalue weighted by Gasteiger charge is 2.31. The van der Waals surface area contributed by atoms with Crippen molar-refractivity contribution in [3.05, 3.63) is 18.5 Å². The summed E-state index contributed by atoms with van der Waals surface area (Å²) in [5, 5.41) is 4.14. The molecule has 1 aromatic heterocycles. The van der Waals surface area contributed by atoms with E-state index in [9.17, 15) is 4.79 Å². The van der Waals surface area contributed by atoms with Gasteiger partial charge in [0, 0.05) is 31.5 Å². The lowest BCUT2D eigenvalue weighted by Gasteiger charge is -2.39. The number of aromatic nitrogens is 2. The molecule has 1 amide bonds. The van der Waals surface area contributed by atoms with Crippen LogP contribution in [-0.4, -0.2) is 39.7 Å². The summed E-state index contributed by atoms with van der Waals surface area (Å²) in [6.45, 7) is 5.47. The zero-order valence-electron chi connectivity index (χ0n) is 11.1. The maximum absolute atomic E-state index is 12.5. The first kappa shape index (κ1) is 13.1. The maximum Gasteiger partial charge on any atom is 0.247 e. The van der Waals surface area contributed by atoms with Gasteiger partial charge in [0.2, 0.25) is 5.91 Å². The van der Waals surface area contributed by atoms with Gasteiger partial charge in [0.25, 0.3) is 0 Å². The minimum Gasteiger partial charge on any atom is -0.337 e. The molecule has 0 saturated carbocycles. The van der Waals surface area contributed by atoms with Gasteiger partial charge in [-0.25, -0.2) is 0 Å². The molecule has 1 aliphatic rings. The molecule has 100 valence electrons. The number of nitrogens with two attached hydrogens (primary N) is 1. The first-order valence-electron chi connectivity index (χ1n) is 6.63. The molecule has 1 saturated heterocycles. The monoisotopic (exact) mass is 250 g/mol. The molecular formula is C13H22N4O. The summed E-state index contributed by atoms with van der Waals surface area (Å²) >= 11 is 0. The molecular weight excluding hydrogens is 228 g/mol. The van der Waals surface area contributed by atoms with E-state index in [1.54, 1.807) is 10.9 Å². The number of hydrogen-bond acceptors (Lipinski definition) is 3. The summed E-state index contributed by atoms with van der Waals surface area (Å²) in [6, 6.07) is 1.77. The van der Waals surface area contributed by atoms with E-state index in [2.05, 4.69) is 12.0 Å². The Hall–Kier alpha value is -1.36. The zero-order chi connectivity index (χ0) is 13.1. The van der Waals surface area contributed by atoms with Crippen molar-refractivity contribution in [2.75, 3.05) is 13.1 Å². The van der Waals surface area contributed by atoms with E-state index in [-0.39, 0.29) is 18.0 Å². The summed E-state index contributed by atoms with van der Waals surface area (Å²) in [7, 11) is 0. The van der Waals surface area contributed by atoms with Crippen molar-refractivity contribution in [2.24, 2.45) is 11.7 Å². The summed E-state index contributed by atoms with van der Waals surface area (Å²) in [4.78, 5) is 14.4. The standard InChI is InChI=1S/C13H22N4O/c1-10-4-7-16(12(8-10)9-14)13(18)11(2)17-6-3-5-15-17/h3,5-6,10-12H,4,7-9,14H2,1-2H3. The molecule has 0 radical (unpaired) electrons. The lowest BCUT2D eigenvalue weighted by Crippen LogP contribution is -2.51. The Morgan fingerprint density at radius 3 is 3.00 bits per heavy atom. The summed E-state index contributed by atoms with van der Waals surface area (Å²) in [6.07, 6.45) is 5.59. The Labute approximate surface area is 108 Å². The number of piperidine rings is 1. The second-order valence-electron chi connectivity index (χ2n) is 5.21. The SMILES string of the molecule is CC1CCN(C(=O)C(C)n2cccn2)C(CN)C1. The van der Waals surface area contributed by atoms with Crippen molar-refractivity contribution in [1.29, 1.82) is 0 Å². The third kappa shape index (κ3) is 2.56. The fourth-order valence-corrected chi connectivity index (χ4v) is 2.63. The van der Waals surface area contributed by atoms with Gasteiger partial charge in [-0.2, -0.15) is 5.10 Å². The summed E-state index contributed by atoms with van der Waals surface area (Å²) in [5.41, 5.74) is 5.80. The van der Waals surface area contributed by atoms with E-state index in [1.165, 1.54) is 0 Å². The van der Waals surface area contributed by atoms with Crippen LogP contribution in [-0.2, 0) is 4.79 Å². The smallest absolute Gasteiger partial charge is 0.247 e. The molecule has 5 nitrogen and oxygen atoms in total. The Bertz CT molecular complexity index is 390. The predicted octanol–water partition coefficient (Wildman–Crippen LogP) is 1.03.